The molecule has 2 N–H and O–H groups in total. The van der Waals surface area contributed by atoms with Crippen LogP contribution in [-0.4, -0.2) is 16.2 Å². The van der Waals surface area contributed by atoms with E-state index in [1.54, 1.807) is 32.9 Å². The Morgan fingerprint density at radius 1 is 0.939 bits per heavy atom. The predicted molar refractivity (Wildman–Crippen MR) is 140 cm³/mol. The second-order valence-electron chi connectivity index (χ2n) is 7.52. The van der Waals surface area contributed by atoms with Crippen molar-refractivity contribution in [2.24, 2.45) is 0 Å². The lowest BCUT2D eigenvalue weighted by molar-refractivity contribution is 0.0698. The average Bonchev–Trinajstić information content (AvgIpc) is 2.76. The van der Waals surface area contributed by atoms with Gasteiger partial charge < -0.3 is 14.6 Å². The predicted octanol–water partition coefficient (Wildman–Crippen LogP) is 8.11. The molecule has 33 heavy (non-hydrogen) atoms. The minimum Gasteiger partial charge on any atom is -0.507 e. The summed E-state index contributed by atoms with van der Waals surface area (Å²) in [4.78, 5) is 25.0. The first-order chi connectivity index (χ1) is 15.4. The van der Waals surface area contributed by atoms with Crippen molar-refractivity contribution in [3.63, 3.8) is 0 Å². The first-order valence-corrected chi connectivity index (χ1v) is 12.0. The molecule has 0 unspecified atom stereocenters. The maximum absolute atomic E-state index is 12.7. The van der Waals surface area contributed by atoms with Crippen LogP contribution in [-0.2, 0) is 0 Å². The second kappa shape index (κ2) is 8.50. The maximum atomic E-state index is 12.7. The Kier molecular flexibility index (Phi) is 6.29. The monoisotopic (exact) mass is 636 g/mol. The van der Waals surface area contributed by atoms with E-state index in [9.17, 15) is 19.8 Å². The lowest BCUT2D eigenvalue weighted by Gasteiger charge is -2.22. The number of hydrogen-bond acceptors (Lipinski definition) is 4. The molecule has 1 heterocycles. The summed E-state index contributed by atoms with van der Waals surface area (Å²) in [5, 5.41) is 20.4. The second-order valence-corrected chi connectivity index (χ2v) is 10.2. The van der Waals surface area contributed by atoms with Crippen molar-refractivity contribution >= 4 is 85.9 Å². The average molecular weight is 638 g/mol. The topological polar surface area (TPSA) is 87.7 Å². The van der Waals surface area contributed by atoms with E-state index in [0.29, 0.717) is 36.8 Å². The van der Waals surface area contributed by atoms with Crippen LogP contribution >= 0.6 is 69.0 Å². The molecule has 2 aliphatic rings. The zero-order valence-electron chi connectivity index (χ0n) is 17.2. The Bertz CT molecular complexity index is 1560. The van der Waals surface area contributed by atoms with Gasteiger partial charge in [-0.2, -0.15) is 0 Å². The number of aromatic carboxylic acids is 1. The summed E-state index contributed by atoms with van der Waals surface area (Å²) >= 11 is 27.3. The van der Waals surface area contributed by atoms with E-state index in [0.717, 1.165) is 0 Å². The number of fused-ring (bicyclic) bond motifs is 2. The van der Waals surface area contributed by atoms with Gasteiger partial charge in [-0.05, 0) is 61.1 Å². The molecule has 2 aromatic carbocycles. The molecule has 0 spiro atoms. The Morgan fingerprint density at radius 2 is 1.55 bits per heavy atom. The Balaban J connectivity index is 2.43. The number of hydrogen-bond donors (Lipinski definition) is 2. The zero-order valence-corrected chi connectivity index (χ0v) is 22.3. The molecule has 0 aromatic heterocycles. The standard InChI is InChI=1S/C23H13Cl4IO5/c1-6-4-9-12(13-14(23(31)32)16(25)18(27)17(26)15(13)24)10-5-11(28)20(30)8(3)22(10)33-21(9)7(2)19(6)29/h4-5,29H,1-3H3,(H,31,32). The van der Waals surface area contributed by atoms with Crippen molar-refractivity contribution in [3.05, 3.63) is 68.3 Å². The maximum Gasteiger partial charge on any atom is 0.337 e. The summed E-state index contributed by atoms with van der Waals surface area (Å²) in [6, 6.07) is 3.25. The third-order valence-corrected chi connectivity index (χ3v) is 8.17. The molecule has 0 amide bonds. The quantitative estimate of drug-likeness (QED) is 0.100. The van der Waals surface area contributed by atoms with Gasteiger partial charge in [-0.3, -0.25) is 4.79 Å². The van der Waals surface area contributed by atoms with E-state index in [1.165, 1.54) is 0 Å². The highest BCUT2D eigenvalue weighted by molar-refractivity contribution is 14.1. The SMILES string of the molecule is Cc1cc2c(-c3c(Cl)c(Cl)c(Cl)c(Cl)c3C(=O)O)c3cc(I)c(=O)c(C)c-3oc2c(C)c1O. The lowest BCUT2D eigenvalue weighted by Crippen LogP contribution is -2.12. The van der Waals surface area contributed by atoms with Crippen LogP contribution in [0.2, 0.25) is 20.1 Å². The van der Waals surface area contributed by atoms with Gasteiger partial charge in [0.25, 0.3) is 0 Å². The van der Waals surface area contributed by atoms with Crippen molar-refractivity contribution < 1.29 is 19.4 Å². The number of aryl methyl sites for hydroxylation is 2. The number of carboxylic acid groups (broad SMARTS) is 1. The van der Waals surface area contributed by atoms with Crippen LogP contribution < -0.4 is 5.43 Å². The van der Waals surface area contributed by atoms with E-state index in [4.69, 9.17) is 50.8 Å². The van der Waals surface area contributed by atoms with E-state index >= 15 is 0 Å². The molecule has 1 aliphatic heterocycles. The molecular formula is C23H13Cl4IO5. The summed E-state index contributed by atoms with van der Waals surface area (Å²) in [6.07, 6.45) is 0. The first kappa shape index (κ1) is 24.4. The van der Waals surface area contributed by atoms with E-state index in [1.807, 2.05) is 22.6 Å². The Labute approximate surface area is 221 Å². The molecule has 0 radical (unpaired) electrons. The van der Waals surface area contributed by atoms with Gasteiger partial charge in [-0.15, -0.1) is 0 Å². The minimum atomic E-state index is -1.36. The first-order valence-electron chi connectivity index (χ1n) is 9.36. The summed E-state index contributed by atoms with van der Waals surface area (Å²) in [7, 11) is 0. The van der Waals surface area contributed by atoms with Crippen molar-refractivity contribution in [1.29, 1.82) is 0 Å². The molecule has 5 nitrogen and oxygen atoms in total. The zero-order chi connectivity index (χ0) is 24.5. The number of phenolic OH excluding ortho intramolecular Hbond substituents is 1. The van der Waals surface area contributed by atoms with Crippen LogP contribution in [0, 0.1) is 24.3 Å². The summed E-state index contributed by atoms with van der Waals surface area (Å²) < 4.78 is 6.52. The molecule has 0 saturated carbocycles. The number of carboxylic acids is 1. The minimum absolute atomic E-state index is 0.0128. The van der Waals surface area contributed by atoms with Crippen LogP contribution in [0.1, 0.15) is 27.0 Å². The highest BCUT2D eigenvalue weighted by Gasteiger charge is 2.31. The fourth-order valence-electron chi connectivity index (χ4n) is 3.92. The van der Waals surface area contributed by atoms with Crippen LogP contribution in [0.15, 0.2) is 21.3 Å². The largest absolute Gasteiger partial charge is 0.507 e. The van der Waals surface area contributed by atoms with Crippen molar-refractivity contribution in [1.82, 2.24) is 0 Å². The fourth-order valence-corrected chi connectivity index (χ4v) is 5.66. The van der Waals surface area contributed by atoms with Gasteiger partial charge in [0.2, 0.25) is 0 Å². The van der Waals surface area contributed by atoms with Gasteiger partial charge in [-0.1, -0.05) is 46.4 Å². The van der Waals surface area contributed by atoms with Gasteiger partial charge in [0.1, 0.15) is 17.1 Å². The smallest absolute Gasteiger partial charge is 0.337 e. The number of aromatic hydroxyl groups is 1. The molecule has 2 aromatic rings. The lowest BCUT2D eigenvalue weighted by atomic mass is 9.88. The number of halogens is 5. The third kappa shape index (κ3) is 3.58. The third-order valence-electron chi connectivity index (χ3n) is 5.56. The van der Waals surface area contributed by atoms with E-state index in [2.05, 4.69) is 0 Å². The molecule has 0 bridgehead atoms. The van der Waals surface area contributed by atoms with Crippen molar-refractivity contribution in [3.8, 4) is 28.2 Å². The molecule has 10 heteroatoms. The van der Waals surface area contributed by atoms with Crippen LogP contribution in [0.4, 0.5) is 0 Å². The summed E-state index contributed by atoms with van der Waals surface area (Å²) in [6.45, 7) is 4.97. The van der Waals surface area contributed by atoms with Gasteiger partial charge in [0.15, 0.2) is 5.43 Å². The van der Waals surface area contributed by atoms with Crippen LogP contribution in [0.3, 0.4) is 0 Å². The number of carbonyl (C=O) groups is 1. The molecule has 0 saturated heterocycles. The van der Waals surface area contributed by atoms with Crippen LogP contribution in [0.5, 0.6) is 5.75 Å². The van der Waals surface area contributed by atoms with Gasteiger partial charge in [0.05, 0.1) is 29.2 Å². The van der Waals surface area contributed by atoms with Crippen molar-refractivity contribution in [2.75, 3.05) is 0 Å². The highest BCUT2D eigenvalue weighted by atomic mass is 127. The molecule has 1 aliphatic carbocycles. The molecular weight excluding hydrogens is 625 g/mol. The molecule has 4 rings (SSSR count). The van der Waals surface area contributed by atoms with Crippen LogP contribution in [0.25, 0.3) is 33.4 Å². The Morgan fingerprint density at radius 3 is 2.15 bits per heavy atom. The summed E-state index contributed by atoms with van der Waals surface area (Å²) in [5.41, 5.74) is 1.77. The van der Waals surface area contributed by atoms with E-state index in [-0.39, 0.29) is 53.7 Å². The van der Waals surface area contributed by atoms with Gasteiger partial charge >= 0.3 is 5.97 Å². The molecule has 170 valence electrons. The molecule has 0 fully saturated rings. The number of benzene rings is 3. The normalized spacial score (nSPS) is 11.5. The number of rotatable bonds is 2. The molecule has 0 atom stereocenters. The Hall–Kier alpha value is -1.71. The fraction of sp³-hybridized carbons (Fsp3) is 0.130. The number of phenols is 1. The highest BCUT2D eigenvalue weighted by Crippen LogP contribution is 2.52. The van der Waals surface area contributed by atoms with E-state index < -0.39 is 5.97 Å². The van der Waals surface area contributed by atoms with Gasteiger partial charge in [0, 0.05) is 33.2 Å². The summed E-state index contributed by atoms with van der Waals surface area (Å²) in [5.74, 6) is -1.13. The van der Waals surface area contributed by atoms with Crippen molar-refractivity contribution in [2.45, 2.75) is 20.8 Å². The van der Waals surface area contributed by atoms with Gasteiger partial charge in [-0.25, -0.2) is 4.79 Å².